The van der Waals surface area contributed by atoms with Crippen molar-refractivity contribution in [2.45, 2.75) is 19.3 Å². The van der Waals surface area contributed by atoms with E-state index in [2.05, 4.69) is 0 Å². The van der Waals surface area contributed by atoms with Gasteiger partial charge in [-0.05, 0) is 23.3 Å². The highest BCUT2D eigenvalue weighted by molar-refractivity contribution is 5.44. The number of ether oxygens (including phenoxy) is 1. The average molecular weight is 195 g/mol. The van der Waals surface area contributed by atoms with Crippen LogP contribution in [0.3, 0.4) is 0 Å². The first kappa shape index (κ1) is 9.45. The first-order chi connectivity index (χ1) is 6.72. The molecule has 1 aromatic carbocycles. The van der Waals surface area contributed by atoms with Gasteiger partial charge in [-0.15, -0.1) is 0 Å². The molecule has 0 fully saturated rings. The van der Waals surface area contributed by atoms with Crippen molar-refractivity contribution in [2.24, 2.45) is 5.73 Å². The third-order valence-electron chi connectivity index (χ3n) is 2.46. The third-order valence-corrected chi connectivity index (χ3v) is 2.46. The molecule has 4 N–H and O–H groups in total. The Bertz CT molecular complexity index is 351. The first-order valence-corrected chi connectivity index (χ1v) is 4.51. The summed E-state index contributed by atoms with van der Waals surface area (Å²) in [7, 11) is 0. The minimum absolute atomic E-state index is 0.135. The molecular weight excluding hydrogens is 182 g/mol. The van der Waals surface area contributed by atoms with Gasteiger partial charge in [-0.1, -0.05) is 0 Å². The number of phenols is 1. The SMILES string of the molecule is NC(CO)c1cc2c(cc1O)COC2. The molecule has 0 saturated carbocycles. The fourth-order valence-corrected chi connectivity index (χ4v) is 1.63. The molecular formula is C10H13NO3. The van der Waals surface area contributed by atoms with E-state index < -0.39 is 6.04 Å². The number of rotatable bonds is 2. The van der Waals surface area contributed by atoms with Crippen molar-refractivity contribution in [3.63, 3.8) is 0 Å². The van der Waals surface area contributed by atoms with Crippen LogP contribution in [-0.2, 0) is 18.0 Å². The van der Waals surface area contributed by atoms with E-state index in [0.717, 1.165) is 11.1 Å². The van der Waals surface area contributed by atoms with Gasteiger partial charge >= 0.3 is 0 Å². The average Bonchev–Trinajstić information content (AvgIpc) is 2.62. The van der Waals surface area contributed by atoms with Crippen molar-refractivity contribution in [3.05, 3.63) is 28.8 Å². The predicted molar refractivity (Wildman–Crippen MR) is 50.6 cm³/mol. The maximum absolute atomic E-state index is 9.63. The Morgan fingerprint density at radius 2 is 2.00 bits per heavy atom. The molecule has 14 heavy (non-hydrogen) atoms. The first-order valence-electron chi connectivity index (χ1n) is 4.51. The lowest BCUT2D eigenvalue weighted by Gasteiger charge is -2.12. The second-order valence-electron chi connectivity index (χ2n) is 3.46. The predicted octanol–water partition coefficient (Wildman–Crippen LogP) is 0.414. The van der Waals surface area contributed by atoms with Crippen LogP contribution in [0.25, 0.3) is 0 Å². The number of aliphatic hydroxyl groups excluding tert-OH is 1. The molecule has 4 nitrogen and oxygen atoms in total. The van der Waals surface area contributed by atoms with Gasteiger partial charge in [0.25, 0.3) is 0 Å². The van der Waals surface area contributed by atoms with E-state index in [1.807, 2.05) is 0 Å². The lowest BCUT2D eigenvalue weighted by Crippen LogP contribution is -2.15. The van der Waals surface area contributed by atoms with Crippen molar-refractivity contribution in [1.29, 1.82) is 0 Å². The van der Waals surface area contributed by atoms with Crippen LogP contribution in [0.4, 0.5) is 0 Å². The van der Waals surface area contributed by atoms with E-state index in [0.29, 0.717) is 18.8 Å². The summed E-state index contributed by atoms with van der Waals surface area (Å²) in [6.45, 7) is 0.922. The Balaban J connectivity index is 2.42. The maximum Gasteiger partial charge on any atom is 0.120 e. The summed E-state index contributed by atoms with van der Waals surface area (Å²) in [5, 5.41) is 18.5. The monoisotopic (exact) mass is 195 g/mol. The van der Waals surface area contributed by atoms with Gasteiger partial charge in [0.05, 0.1) is 25.9 Å². The smallest absolute Gasteiger partial charge is 0.120 e. The largest absolute Gasteiger partial charge is 0.508 e. The molecule has 1 heterocycles. The molecule has 0 spiro atoms. The van der Waals surface area contributed by atoms with Crippen LogP contribution < -0.4 is 5.73 Å². The zero-order valence-electron chi connectivity index (χ0n) is 7.73. The topological polar surface area (TPSA) is 75.7 Å². The normalized spacial score (nSPS) is 16.7. The van der Waals surface area contributed by atoms with Gasteiger partial charge in [-0.25, -0.2) is 0 Å². The number of aliphatic hydroxyl groups is 1. The summed E-state index contributed by atoms with van der Waals surface area (Å²) in [6.07, 6.45) is 0. The number of fused-ring (bicyclic) bond motifs is 1. The van der Waals surface area contributed by atoms with Gasteiger partial charge in [0.2, 0.25) is 0 Å². The summed E-state index contributed by atoms with van der Waals surface area (Å²) in [6, 6.07) is 2.94. The second kappa shape index (κ2) is 3.57. The van der Waals surface area contributed by atoms with Crippen molar-refractivity contribution in [3.8, 4) is 5.75 Å². The van der Waals surface area contributed by atoms with Crippen molar-refractivity contribution < 1.29 is 14.9 Å². The van der Waals surface area contributed by atoms with E-state index in [1.165, 1.54) is 0 Å². The van der Waals surface area contributed by atoms with Crippen molar-refractivity contribution in [1.82, 2.24) is 0 Å². The summed E-state index contributed by atoms with van der Waals surface area (Å²) in [5.41, 5.74) is 8.26. The molecule has 0 bridgehead atoms. The fraction of sp³-hybridized carbons (Fsp3) is 0.400. The molecule has 1 aliphatic rings. The molecule has 0 amide bonds. The molecule has 76 valence electrons. The van der Waals surface area contributed by atoms with E-state index >= 15 is 0 Å². The summed E-state index contributed by atoms with van der Waals surface area (Å²) < 4.78 is 5.22. The summed E-state index contributed by atoms with van der Waals surface area (Å²) >= 11 is 0. The summed E-state index contributed by atoms with van der Waals surface area (Å²) in [4.78, 5) is 0. The highest BCUT2D eigenvalue weighted by Crippen LogP contribution is 2.30. The van der Waals surface area contributed by atoms with Gasteiger partial charge in [0, 0.05) is 5.56 Å². The lowest BCUT2D eigenvalue weighted by molar-refractivity contribution is 0.134. The molecule has 1 atom stereocenters. The molecule has 1 aliphatic heterocycles. The zero-order chi connectivity index (χ0) is 10.1. The second-order valence-corrected chi connectivity index (χ2v) is 3.46. The molecule has 4 heteroatoms. The Labute approximate surface area is 81.9 Å². The van der Waals surface area contributed by atoms with Gasteiger partial charge < -0.3 is 20.7 Å². The van der Waals surface area contributed by atoms with E-state index in [4.69, 9.17) is 15.6 Å². The van der Waals surface area contributed by atoms with Crippen molar-refractivity contribution >= 4 is 0 Å². The number of benzene rings is 1. The van der Waals surface area contributed by atoms with E-state index in [1.54, 1.807) is 12.1 Å². The maximum atomic E-state index is 9.63. The Morgan fingerprint density at radius 1 is 1.36 bits per heavy atom. The summed E-state index contributed by atoms with van der Waals surface area (Å²) in [5.74, 6) is 0.135. The Morgan fingerprint density at radius 3 is 2.64 bits per heavy atom. The molecule has 1 unspecified atom stereocenters. The molecule has 0 aliphatic carbocycles. The van der Waals surface area contributed by atoms with Crippen LogP contribution in [-0.4, -0.2) is 16.8 Å². The van der Waals surface area contributed by atoms with E-state index in [9.17, 15) is 5.11 Å². The third kappa shape index (κ3) is 1.48. The van der Waals surface area contributed by atoms with Gasteiger partial charge in [-0.3, -0.25) is 0 Å². The Kier molecular flexibility index (Phi) is 2.41. The fourth-order valence-electron chi connectivity index (χ4n) is 1.63. The van der Waals surface area contributed by atoms with Gasteiger partial charge in [-0.2, -0.15) is 0 Å². The lowest BCUT2D eigenvalue weighted by atomic mass is 10.0. The standard InChI is InChI=1S/C10H13NO3/c11-9(3-12)8-1-6-4-14-5-7(6)2-10(8)13/h1-2,9,12-13H,3-5,11H2. The number of aromatic hydroxyl groups is 1. The van der Waals surface area contributed by atoms with Gasteiger partial charge in [0.1, 0.15) is 5.75 Å². The van der Waals surface area contributed by atoms with Crippen LogP contribution in [0, 0.1) is 0 Å². The number of phenolic OH excluding ortho intramolecular Hbond substituents is 1. The van der Waals surface area contributed by atoms with Crippen LogP contribution in [0.5, 0.6) is 5.75 Å². The Hall–Kier alpha value is -1.10. The minimum Gasteiger partial charge on any atom is -0.508 e. The van der Waals surface area contributed by atoms with Crippen LogP contribution in [0.15, 0.2) is 12.1 Å². The minimum atomic E-state index is -0.527. The highest BCUT2D eigenvalue weighted by Gasteiger charge is 2.17. The quantitative estimate of drug-likeness (QED) is 0.639. The molecule has 0 radical (unpaired) electrons. The number of hydrogen-bond acceptors (Lipinski definition) is 4. The molecule has 1 aromatic rings. The number of nitrogens with two attached hydrogens (primary N) is 1. The van der Waals surface area contributed by atoms with E-state index in [-0.39, 0.29) is 12.4 Å². The van der Waals surface area contributed by atoms with Crippen LogP contribution in [0.2, 0.25) is 0 Å². The van der Waals surface area contributed by atoms with Gasteiger partial charge in [0.15, 0.2) is 0 Å². The molecule has 0 saturated heterocycles. The van der Waals surface area contributed by atoms with Crippen LogP contribution in [0.1, 0.15) is 22.7 Å². The highest BCUT2D eigenvalue weighted by atomic mass is 16.5. The number of hydrogen-bond donors (Lipinski definition) is 3. The molecule has 0 aromatic heterocycles. The van der Waals surface area contributed by atoms with Crippen molar-refractivity contribution in [2.75, 3.05) is 6.61 Å². The zero-order valence-corrected chi connectivity index (χ0v) is 7.73. The van der Waals surface area contributed by atoms with Crippen LogP contribution >= 0.6 is 0 Å². The molecule has 2 rings (SSSR count).